The van der Waals surface area contributed by atoms with Gasteiger partial charge in [-0.3, -0.25) is 4.79 Å². The van der Waals surface area contributed by atoms with E-state index in [1.165, 1.54) is 5.56 Å². The van der Waals surface area contributed by atoms with Gasteiger partial charge in [-0.25, -0.2) is 4.79 Å². The SMILES string of the molecule is CCc1cccc(CC(=O)N(C)c2ccc(OCC(=O)O)cc2)c1. The van der Waals surface area contributed by atoms with E-state index in [2.05, 4.69) is 13.0 Å². The molecule has 2 rings (SSSR count). The van der Waals surface area contributed by atoms with E-state index in [0.29, 0.717) is 12.2 Å². The van der Waals surface area contributed by atoms with E-state index < -0.39 is 5.97 Å². The highest BCUT2D eigenvalue weighted by Gasteiger charge is 2.12. The standard InChI is InChI=1S/C19H21NO4/c1-3-14-5-4-6-15(11-14)12-18(21)20(2)16-7-9-17(10-8-16)24-13-19(22)23/h4-11H,3,12-13H2,1-2H3,(H,22,23). The lowest BCUT2D eigenvalue weighted by atomic mass is 10.1. The summed E-state index contributed by atoms with van der Waals surface area (Å²) in [5, 5.41) is 8.59. The quantitative estimate of drug-likeness (QED) is 0.849. The van der Waals surface area contributed by atoms with Crippen molar-refractivity contribution in [1.29, 1.82) is 0 Å². The molecule has 1 N–H and O–H groups in total. The molecule has 0 heterocycles. The first-order chi connectivity index (χ1) is 11.5. The lowest BCUT2D eigenvalue weighted by molar-refractivity contribution is -0.139. The fourth-order valence-electron chi connectivity index (χ4n) is 2.31. The van der Waals surface area contributed by atoms with Gasteiger partial charge in [0.2, 0.25) is 5.91 Å². The van der Waals surface area contributed by atoms with Gasteiger partial charge >= 0.3 is 5.97 Å². The molecule has 0 bridgehead atoms. The van der Waals surface area contributed by atoms with Crippen molar-refractivity contribution in [3.05, 3.63) is 59.7 Å². The normalized spacial score (nSPS) is 10.2. The minimum Gasteiger partial charge on any atom is -0.482 e. The largest absolute Gasteiger partial charge is 0.482 e. The Hall–Kier alpha value is -2.82. The molecule has 0 saturated carbocycles. The number of likely N-dealkylation sites (N-methyl/N-ethyl adjacent to an activating group) is 1. The first-order valence-corrected chi connectivity index (χ1v) is 7.78. The lowest BCUT2D eigenvalue weighted by Crippen LogP contribution is -2.27. The molecule has 0 aliphatic carbocycles. The molecule has 0 aliphatic rings. The van der Waals surface area contributed by atoms with Gasteiger partial charge in [-0.15, -0.1) is 0 Å². The van der Waals surface area contributed by atoms with Crippen LogP contribution in [0.4, 0.5) is 5.69 Å². The molecule has 0 radical (unpaired) electrons. The van der Waals surface area contributed by atoms with Crippen molar-refractivity contribution in [3.63, 3.8) is 0 Å². The minimum absolute atomic E-state index is 0.0116. The number of carboxylic acid groups (broad SMARTS) is 1. The summed E-state index contributed by atoms with van der Waals surface area (Å²) in [6.45, 7) is 1.70. The first kappa shape index (κ1) is 17.5. The van der Waals surface area contributed by atoms with E-state index in [1.807, 2.05) is 18.2 Å². The number of carboxylic acids is 1. The first-order valence-electron chi connectivity index (χ1n) is 7.78. The third kappa shape index (κ3) is 4.84. The summed E-state index contributed by atoms with van der Waals surface area (Å²) in [4.78, 5) is 24.5. The number of hydrogen-bond acceptors (Lipinski definition) is 3. The highest BCUT2D eigenvalue weighted by Crippen LogP contribution is 2.19. The number of carbonyl (C=O) groups excluding carboxylic acids is 1. The van der Waals surface area contributed by atoms with E-state index >= 15 is 0 Å². The molecule has 1 amide bonds. The zero-order valence-electron chi connectivity index (χ0n) is 13.9. The minimum atomic E-state index is -1.03. The zero-order chi connectivity index (χ0) is 17.5. The van der Waals surface area contributed by atoms with E-state index in [1.54, 1.807) is 36.2 Å². The molecular formula is C19H21NO4. The summed E-state index contributed by atoms with van der Waals surface area (Å²) in [7, 11) is 1.72. The van der Waals surface area contributed by atoms with Crippen molar-refractivity contribution in [2.75, 3.05) is 18.6 Å². The van der Waals surface area contributed by atoms with E-state index in [-0.39, 0.29) is 12.5 Å². The van der Waals surface area contributed by atoms with Crippen LogP contribution in [0.5, 0.6) is 5.75 Å². The highest BCUT2D eigenvalue weighted by atomic mass is 16.5. The number of aryl methyl sites for hydroxylation is 1. The van der Waals surface area contributed by atoms with Crippen LogP contribution in [-0.4, -0.2) is 30.6 Å². The molecular weight excluding hydrogens is 306 g/mol. The van der Waals surface area contributed by atoms with E-state index in [9.17, 15) is 9.59 Å². The van der Waals surface area contributed by atoms with Gasteiger partial charge in [0.25, 0.3) is 0 Å². The van der Waals surface area contributed by atoms with Gasteiger partial charge in [-0.05, 0) is 41.8 Å². The summed E-state index contributed by atoms with van der Waals surface area (Å²) in [5.41, 5.74) is 2.94. The molecule has 24 heavy (non-hydrogen) atoms. The Kier molecular flexibility index (Phi) is 5.95. The Morgan fingerprint density at radius 2 is 1.75 bits per heavy atom. The van der Waals surface area contributed by atoms with Crippen molar-refractivity contribution < 1.29 is 19.4 Å². The predicted octanol–water partition coefficient (Wildman–Crippen LogP) is 2.92. The number of ether oxygens (including phenoxy) is 1. The fourth-order valence-corrected chi connectivity index (χ4v) is 2.31. The number of hydrogen-bond donors (Lipinski definition) is 1. The maximum atomic E-state index is 12.4. The Morgan fingerprint density at radius 1 is 1.08 bits per heavy atom. The molecule has 126 valence electrons. The Balaban J connectivity index is 2.00. The van der Waals surface area contributed by atoms with Gasteiger partial charge in [0.05, 0.1) is 6.42 Å². The smallest absolute Gasteiger partial charge is 0.341 e. The van der Waals surface area contributed by atoms with Crippen LogP contribution in [0, 0.1) is 0 Å². The second kappa shape index (κ2) is 8.15. The van der Waals surface area contributed by atoms with Crippen LogP contribution < -0.4 is 9.64 Å². The van der Waals surface area contributed by atoms with Crippen LogP contribution in [0.25, 0.3) is 0 Å². The average molecular weight is 327 g/mol. The zero-order valence-corrected chi connectivity index (χ0v) is 13.9. The Morgan fingerprint density at radius 3 is 2.38 bits per heavy atom. The Bertz CT molecular complexity index is 710. The molecule has 5 nitrogen and oxygen atoms in total. The summed E-state index contributed by atoms with van der Waals surface area (Å²) >= 11 is 0. The van der Waals surface area contributed by atoms with E-state index in [4.69, 9.17) is 9.84 Å². The summed E-state index contributed by atoms with van der Waals surface area (Å²) < 4.78 is 5.08. The molecule has 0 fully saturated rings. The number of benzene rings is 2. The molecule has 0 aliphatic heterocycles. The molecule has 5 heteroatoms. The van der Waals surface area contributed by atoms with Crippen LogP contribution in [0.1, 0.15) is 18.1 Å². The third-order valence-corrected chi connectivity index (χ3v) is 3.72. The monoisotopic (exact) mass is 327 g/mol. The second-order valence-electron chi connectivity index (χ2n) is 5.48. The number of rotatable bonds is 7. The van der Waals surface area contributed by atoms with Crippen LogP contribution in [0.2, 0.25) is 0 Å². The van der Waals surface area contributed by atoms with Gasteiger partial charge in [0.15, 0.2) is 6.61 Å². The number of aliphatic carboxylic acids is 1. The third-order valence-electron chi connectivity index (χ3n) is 3.72. The number of amides is 1. The highest BCUT2D eigenvalue weighted by molar-refractivity contribution is 5.94. The van der Waals surface area contributed by atoms with Crippen LogP contribution in [0.15, 0.2) is 48.5 Å². The number of anilines is 1. The molecule has 0 aromatic heterocycles. The molecule has 0 saturated heterocycles. The van der Waals surface area contributed by atoms with Crippen molar-refractivity contribution in [1.82, 2.24) is 0 Å². The molecule has 0 atom stereocenters. The maximum absolute atomic E-state index is 12.4. The van der Waals surface area contributed by atoms with Gasteiger partial charge in [0, 0.05) is 12.7 Å². The van der Waals surface area contributed by atoms with Crippen LogP contribution in [-0.2, 0) is 22.4 Å². The average Bonchev–Trinajstić information content (AvgIpc) is 2.59. The van der Waals surface area contributed by atoms with Gasteiger partial charge in [-0.2, -0.15) is 0 Å². The molecule has 0 unspecified atom stereocenters. The summed E-state index contributed by atoms with van der Waals surface area (Å²) in [6, 6.07) is 14.8. The Labute approximate surface area is 141 Å². The van der Waals surface area contributed by atoms with Crippen molar-refractivity contribution in [2.45, 2.75) is 19.8 Å². The van der Waals surface area contributed by atoms with Gasteiger partial charge < -0.3 is 14.7 Å². The molecule has 2 aromatic carbocycles. The van der Waals surface area contributed by atoms with Crippen LogP contribution in [0.3, 0.4) is 0 Å². The fraction of sp³-hybridized carbons (Fsp3) is 0.263. The second-order valence-corrected chi connectivity index (χ2v) is 5.48. The predicted molar refractivity (Wildman–Crippen MR) is 92.5 cm³/mol. The molecule has 0 spiro atoms. The summed E-state index contributed by atoms with van der Waals surface area (Å²) in [5.74, 6) is -0.583. The van der Waals surface area contributed by atoms with E-state index in [0.717, 1.165) is 17.7 Å². The van der Waals surface area contributed by atoms with Crippen molar-refractivity contribution >= 4 is 17.6 Å². The number of carbonyl (C=O) groups is 2. The van der Waals surface area contributed by atoms with Crippen molar-refractivity contribution in [3.8, 4) is 5.75 Å². The molecule has 2 aromatic rings. The maximum Gasteiger partial charge on any atom is 0.341 e. The van der Waals surface area contributed by atoms with Gasteiger partial charge in [0.1, 0.15) is 5.75 Å². The topological polar surface area (TPSA) is 66.8 Å². The van der Waals surface area contributed by atoms with Crippen LogP contribution >= 0.6 is 0 Å². The number of nitrogens with zero attached hydrogens (tertiary/aromatic N) is 1. The summed E-state index contributed by atoms with van der Waals surface area (Å²) in [6.07, 6.45) is 1.28. The van der Waals surface area contributed by atoms with Crippen molar-refractivity contribution in [2.24, 2.45) is 0 Å². The van der Waals surface area contributed by atoms with Gasteiger partial charge in [-0.1, -0.05) is 31.2 Å². The lowest BCUT2D eigenvalue weighted by Gasteiger charge is -2.18.